The molecule has 12 aromatic rings. The fourth-order valence-electron chi connectivity index (χ4n) is 12.8. The van der Waals surface area contributed by atoms with Gasteiger partial charge in [0.05, 0.1) is 11.2 Å². The van der Waals surface area contributed by atoms with Gasteiger partial charge in [-0.15, -0.1) is 0 Å². The van der Waals surface area contributed by atoms with Crippen LogP contribution >= 0.6 is 0 Å². The van der Waals surface area contributed by atoms with Crippen molar-refractivity contribution in [2.45, 2.75) is 104 Å². The van der Waals surface area contributed by atoms with Crippen LogP contribution in [0.15, 0.2) is 179 Å². The molecule has 0 bridgehead atoms. The first-order valence-corrected chi connectivity index (χ1v) is 27.2. The Bertz CT molecular complexity index is 4310. The average molecular weight is 989 g/mol. The topological polar surface area (TPSA) is 46.5 Å². The molecule has 0 fully saturated rings. The minimum atomic E-state index is -0.0785. The largest absolute Gasteiger partial charge is 0.456 e. The predicted octanol–water partition coefficient (Wildman–Crippen LogP) is 18.4. The van der Waals surface area contributed by atoms with E-state index < -0.39 is 0 Å². The lowest BCUT2D eigenvalue weighted by Crippen LogP contribution is -2.37. The number of nitrogens with zero attached hydrogens (tertiary/aromatic N) is 2. The quantitative estimate of drug-likeness (QED) is 0.169. The van der Waals surface area contributed by atoms with E-state index in [-0.39, 0.29) is 21.7 Å². The molecule has 14 rings (SSSR count). The first-order valence-electron chi connectivity index (χ1n) is 27.2. The molecular formula is C70H63BN3O2. The highest BCUT2D eigenvalue weighted by molar-refractivity contribution is 6.74. The Morgan fingerprint density at radius 3 is 1.83 bits per heavy atom. The van der Waals surface area contributed by atoms with Crippen molar-refractivity contribution < 1.29 is 8.83 Å². The zero-order chi connectivity index (χ0) is 52.2. The number of rotatable bonds is 6. The molecule has 0 saturated heterocycles. The van der Waals surface area contributed by atoms with Crippen LogP contribution in [0.25, 0.3) is 82.5 Å². The second-order valence-electron chi connectivity index (χ2n) is 25.1. The summed E-state index contributed by atoms with van der Waals surface area (Å²) in [5.74, 6) is 0. The number of hydrogen-bond donors (Lipinski definition) is 1. The maximum absolute atomic E-state index is 7.38. The monoisotopic (exact) mass is 989 g/mol. The van der Waals surface area contributed by atoms with Gasteiger partial charge in [0.2, 0.25) is 0 Å². The van der Waals surface area contributed by atoms with Crippen molar-refractivity contribution in [2.75, 3.05) is 10.2 Å². The third-order valence-corrected chi connectivity index (χ3v) is 17.2. The second-order valence-corrected chi connectivity index (χ2v) is 25.1. The van der Waals surface area contributed by atoms with E-state index in [0.29, 0.717) is 0 Å². The van der Waals surface area contributed by atoms with Gasteiger partial charge < -0.3 is 23.6 Å². The van der Waals surface area contributed by atoms with E-state index in [9.17, 15) is 0 Å². The molecule has 0 saturated carbocycles. The normalized spacial score (nSPS) is 14.9. The van der Waals surface area contributed by atoms with Crippen LogP contribution in [0.3, 0.4) is 0 Å². The lowest BCUT2D eigenvalue weighted by molar-refractivity contribution is 0.332. The predicted molar refractivity (Wildman–Crippen MR) is 323 cm³/mol. The van der Waals surface area contributed by atoms with E-state index in [0.717, 1.165) is 118 Å². The van der Waals surface area contributed by atoms with Crippen molar-refractivity contribution >= 4 is 112 Å². The number of benzene rings is 9. The van der Waals surface area contributed by atoms with Crippen LogP contribution in [0.2, 0.25) is 0 Å². The van der Waals surface area contributed by atoms with E-state index in [1.54, 1.807) is 0 Å². The molecule has 1 aliphatic carbocycles. The molecule has 6 heteroatoms. The Morgan fingerprint density at radius 1 is 0.526 bits per heavy atom. The number of furan rings is 2. The Balaban J connectivity index is 1.11. The van der Waals surface area contributed by atoms with Crippen molar-refractivity contribution in [3.05, 3.63) is 192 Å². The van der Waals surface area contributed by atoms with Crippen molar-refractivity contribution in [3.8, 4) is 16.8 Å². The van der Waals surface area contributed by atoms with Gasteiger partial charge in [0, 0.05) is 83.5 Å². The molecule has 9 aromatic carbocycles. The smallest absolute Gasteiger partial charge is 0.198 e. The van der Waals surface area contributed by atoms with Crippen molar-refractivity contribution in [1.82, 2.24) is 4.57 Å². The molecular weight excluding hydrogens is 926 g/mol. The lowest BCUT2D eigenvalue weighted by Gasteiger charge is -2.41. The Morgan fingerprint density at radius 2 is 1.14 bits per heavy atom. The van der Waals surface area contributed by atoms with Crippen LogP contribution in [0.4, 0.5) is 28.4 Å². The fraction of sp³-hybridized carbons (Fsp3) is 0.229. The van der Waals surface area contributed by atoms with Gasteiger partial charge in [-0.25, -0.2) is 0 Å². The van der Waals surface area contributed by atoms with Gasteiger partial charge in [0.25, 0.3) is 0 Å². The standard InChI is InChI=1S/C70H63BN3O2/c1-67(2,3)41-25-28-43(29-26-41)72-55-40-60-48(49-38-52-53(39-59(49)75-60)70(9,10)34-33-69(52,7)8)37-50(55)63-64-65-61(62-47-23-17-18-24-58(47)76-66(62)63)51-35-42(68(4,5)6)27-32-56(51)74(65)57-36-46(30-31-54(57)71-64)73(44-19-13-11-14-20-44)45-21-15-12-16-22-45/h11-32,35-40,72H,33-34H2,1-10H3. The molecule has 3 aromatic heterocycles. The highest BCUT2D eigenvalue weighted by Gasteiger charge is 2.39. The van der Waals surface area contributed by atoms with E-state index in [1.807, 2.05) is 0 Å². The summed E-state index contributed by atoms with van der Waals surface area (Å²) in [6, 6.07) is 62.6. The van der Waals surface area contributed by atoms with Crippen LogP contribution in [0, 0.1) is 0 Å². The van der Waals surface area contributed by atoms with Gasteiger partial charge in [-0.3, -0.25) is 0 Å². The van der Waals surface area contributed by atoms with Crippen LogP contribution < -0.4 is 21.1 Å². The summed E-state index contributed by atoms with van der Waals surface area (Å²) in [4.78, 5) is 2.37. The Kier molecular flexibility index (Phi) is 9.97. The molecule has 1 aliphatic heterocycles. The minimum absolute atomic E-state index is 0.0184. The molecule has 1 radical (unpaired) electrons. The Hall–Kier alpha value is -7.96. The first kappa shape index (κ1) is 46.6. The van der Waals surface area contributed by atoms with E-state index in [1.165, 1.54) is 38.5 Å². The summed E-state index contributed by atoms with van der Waals surface area (Å²) in [5.41, 5.74) is 22.0. The maximum Gasteiger partial charge on any atom is 0.198 e. The molecule has 373 valence electrons. The fourth-order valence-corrected chi connectivity index (χ4v) is 12.8. The maximum atomic E-state index is 7.38. The molecule has 0 atom stereocenters. The molecule has 5 nitrogen and oxygen atoms in total. The molecule has 1 N–H and O–H groups in total. The summed E-state index contributed by atoms with van der Waals surface area (Å²) < 4.78 is 17.0. The van der Waals surface area contributed by atoms with Crippen molar-refractivity contribution in [2.24, 2.45) is 0 Å². The average Bonchev–Trinajstić information content (AvgIpc) is 4.08. The van der Waals surface area contributed by atoms with Gasteiger partial charge in [0.15, 0.2) is 7.28 Å². The van der Waals surface area contributed by atoms with Gasteiger partial charge in [-0.05, 0) is 147 Å². The summed E-state index contributed by atoms with van der Waals surface area (Å²) in [7, 11) is 2.43. The third kappa shape index (κ3) is 7.12. The molecule has 0 amide bonds. The Labute approximate surface area is 446 Å². The molecule has 0 spiro atoms. The van der Waals surface area contributed by atoms with Gasteiger partial charge in [-0.2, -0.15) is 0 Å². The van der Waals surface area contributed by atoms with Gasteiger partial charge >= 0.3 is 0 Å². The van der Waals surface area contributed by atoms with Crippen molar-refractivity contribution in [1.29, 1.82) is 0 Å². The number of hydrogen-bond acceptors (Lipinski definition) is 4. The number of para-hydroxylation sites is 3. The lowest BCUT2D eigenvalue weighted by atomic mass is 9.58. The third-order valence-electron chi connectivity index (χ3n) is 17.2. The highest BCUT2D eigenvalue weighted by Crippen LogP contribution is 2.52. The van der Waals surface area contributed by atoms with Gasteiger partial charge in [0.1, 0.15) is 22.3 Å². The highest BCUT2D eigenvalue weighted by atomic mass is 16.3. The van der Waals surface area contributed by atoms with Crippen molar-refractivity contribution in [3.63, 3.8) is 0 Å². The number of aromatic nitrogens is 1. The molecule has 4 heterocycles. The van der Waals surface area contributed by atoms with E-state index in [4.69, 9.17) is 8.83 Å². The number of anilines is 5. The molecule has 0 unspecified atom stereocenters. The second kappa shape index (κ2) is 16.3. The number of nitrogens with one attached hydrogen (secondary N) is 1. The van der Waals surface area contributed by atoms with Crippen LogP contribution in [0.5, 0.6) is 0 Å². The zero-order valence-corrected chi connectivity index (χ0v) is 45.4. The minimum Gasteiger partial charge on any atom is -0.456 e. The molecule has 2 aliphatic rings. The molecule has 76 heavy (non-hydrogen) atoms. The zero-order valence-electron chi connectivity index (χ0n) is 45.4. The first-order chi connectivity index (χ1) is 36.4. The van der Waals surface area contributed by atoms with E-state index >= 15 is 0 Å². The van der Waals surface area contributed by atoms with Crippen LogP contribution in [-0.2, 0) is 21.7 Å². The summed E-state index contributed by atoms with van der Waals surface area (Å²) >= 11 is 0. The van der Waals surface area contributed by atoms with Gasteiger partial charge in [-0.1, -0.05) is 154 Å². The number of fused-ring (bicyclic) bond motifs is 13. The summed E-state index contributed by atoms with van der Waals surface area (Å²) in [6.07, 6.45) is 2.27. The summed E-state index contributed by atoms with van der Waals surface area (Å²) in [5, 5.41) is 10.9. The van der Waals surface area contributed by atoms with Crippen LogP contribution in [-0.4, -0.2) is 11.8 Å². The van der Waals surface area contributed by atoms with E-state index in [2.05, 4.69) is 261 Å². The summed E-state index contributed by atoms with van der Waals surface area (Å²) in [6.45, 7) is 23.3. The van der Waals surface area contributed by atoms with Crippen LogP contribution in [0.1, 0.15) is 104 Å². The SMILES string of the molecule is CC(C)(C)c1ccc(Nc2cc3oc4cc5c(cc4c3cc2-c2c3c4c(c6cc(C(C)(C)C)ccc6n4-c4cc(N(c6ccccc6)c6ccccc6)ccc4[B]3)c3c2oc2ccccc23)C(C)(C)CCC5(C)C)cc1.